The molecular formula is C16H19ClN2O2. The van der Waals surface area contributed by atoms with E-state index in [0.29, 0.717) is 16.7 Å². The Balaban J connectivity index is 1.77. The highest BCUT2D eigenvalue weighted by molar-refractivity contribution is 6.32. The first-order chi connectivity index (χ1) is 10.2. The molecule has 0 unspecified atom stereocenters. The Morgan fingerprint density at radius 2 is 2.14 bits per heavy atom. The summed E-state index contributed by atoms with van der Waals surface area (Å²) in [5.41, 5.74) is 1.10. The SMILES string of the molecule is COc1ccc(CNC[C@H](C)Oc2ccccn2)cc1Cl. The predicted octanol–water partition coefficient (Wildman–Crippen LogP) is 3.30. The third kappa shape index (κ3) is 4.92. The lowest BCUT2D eigenvalue weighted by Gasteiger charge is -2.14. The number of ether oxygens (including phenoxy) is 2. The molecule has 1 aromatic heterocycles. The average molecular weight is 307 g/mol. The largest absolute Gasteiger partial charge is 0.495 e. The second-order valence-electron chi connectivity index (χ2n) is 4.70. The van der Waals surface area contributed by atoms with Crippen molar-refractivity contribution in [2.45, 2.75) is 19.6 Å². The zero-order valence-corrected chi connectivity index (χ0v) is 12.9. The Hall–Kier alpha value is -1.78. The van der Waals surface area contributed by atoms with Gasteiger partial charge >= 0.3 is 0 Å². The van der Waals surface area contributed by atoms with E-state index in [1.807, 2.05) is 43.3 Å². The third-order valence-electron chi connectivity index (χ3n) is 2.94. The van der Waals surface area contributed by atoms with E-state index >= 15 is 0 Å². The maximum atomic E-state index is 6.09. The van der Waals surface area contributed by atoms with Crippen LogP contribution in [0.15, 0.2) is 42.6 Å². The second-order valence-corrected chi connectivity index (χ2v) is 5.10. The van der Waals surface area contributed by atoms with E-state index in [0.717, 1.165) is 18.7 Å². The van der Waals surface area contributed by atoms with Gasteiger partial charge in [-0.1, -0.05) is 23.7 Å². The van der Waals surface area contributed by atoms with E-state index < -0.39 is 0 Å². The molecule has 21 heavy (non-hydrogen) atoms. The standard InChI is InChI=1S/C16H19ClN2O2/c1-12(21-16-5-3-4-8-19-16)10-18-11-13-6-7-15(20-2)14(17)9-13/h3-9,12,18H,10-11H2,1-2H3/t12-/m0/s1. The van der Waals surface area contributed by atoms with Gasteiger partial charge in [0.2, 0.25) is 5.88 Å². The normalized spacial score (nSPS) is 12.0. The highest BCUT2D eigenvalue weighted by atomic mass is 35.5. The zero-order chi connectivity index (χ0) is 15.1. The fourth-order valence-corrected chi connectivity index (χ4v) is 2.18. The summed E-state index contributed by atoms with van der Waals surface area (Å²) in [6, 6.07) is 11.4. The molecule has 0 saturated heterocycles. The number of benzene rings is 1. The highest BCUT2D eigenvalue weighted by Crippen LogP contribution is 2.24. The zero-order valence-electron chi connectivity index (χ0n) is 12.2. The molecule has 5 heteroatoms. The summed E-state index contributed by atoms with van der Waals surface area (Å²) >= 11 is 6.09. The van der Waals surface area contributed by atoms with Gasteiger partial charge in [0, 0.05) is 25.4 Å². The van der Waals surface area contributed by atoms with Gasteiger partial charge < -0.3 is 14.8 Å². The van der Waals surface area contributed by atoms with Crippen molar-refractivity contribution in [3.63, 3.8) is 0 Å². The Morgan fingerprint density at radius 3 is 2.81 bits per heavy atom. The summed E-state index contributed by atoms with van der Waals surface area (Å²) in [5.74, 6) is 1.33. The van der Waals surface area contributed by atoms with E-state index in [1.165, 1.54) is 0 Å². The van der Waals surface area contributed by atoms with Crippen molar-refractivity contribution in [3.05, 3.63) is 53.2 Å². The molecule has 2 rings (SSSR count). The number of halogens is 1. The van der Waals surface area contributed by atoms with Crippen LogP contribution in [0.3, 0.4) is 0 Å². The van der Waals surface area contributed by atoms with Crippen molar-refractivity contribution in [2.75, 3.05) is 13.7 Å². The molecule has 2 aromatic rings. The summed E-state index contributed by atoms with van der Waals surface area (Å²) in [6.45, 7) is 3.45. The number of methoxy groups -OCH3 is 1. The fraction of sp³-hybridized carbons (Fsp3) is 0.312. The molecular weight excluding hydrogens is 288 g/mol. The number of nitrogens with one attached hydrogen (secondary N) is 1. The maximum absolute atomic E-state index is 6.09. The first-order valence-electron chi connectivity index (χ1n) is 6.80. The van der Waals surface area contributed by atoms with Gasteiger partial charge in [-0.25, -0.2) is 4.98 Å². The van der Waals surface area contributed by atoms with Gasteiger partial charge in [0.05, 0.1) is 12.1 Å². The molecule has 0 spiro atoms. The van der Waals surface area contributed by atoms with Crippen LogP contribution in [0.4, 0.5) is 0 Å². The smallest absolute Gasteiger partial charge is 0.213 e. The van der Waals surface area contributed by atoms with Gasteiger partial charge in [-0.05, 0) is 30.7 Å². The lowest BCUT2D eigenvalue weighted by Crippen LogP contribution is -2.28. The molecule has 112 valence electrons. The number of aromatic nitrogens is 1. The van der Waals surface area contributed by atoms with Crippen molar-refractivity contribution in [1.29, 1.82) is 0 Å². The molecule has 0 amide bonds. The molecule has 0 radical (unpaired) electrons. The van der Waals surface area contributed by atoms with Crippen molar-refractivity contribution < 1.29 is 9.47 Å². The van der Waals surface area contributed by atoms with Crippen LogP contribution in [-0.4, -0.2) is 24.7 Å². The molecule has 1 heterocycles. The maximum Gasteiger partial charge on any atom is 0.213 e. The monoisotopic (exact) mass is 306 g/mol. The number of hydrogen-bond acceptors (Lipinski definition) is 4. The molecule has 0 aliphatic carbocycles. The topological polar surface area (TPSA) is 43.4 Å². The van der Waals surface area contributed by atoms with Gasteiger partial charge in [0.1, 0.15) is 11.9 Å². The molecule has 0 saturated carbocycles. The van der Waals surface area contributed by atoms with E-state index in [2.05, 4.69) is 10.3 Å². The van der Waals surface area contributed by atoms with Crippen LogP contribution in [0, 0.1) is 0 Å². The van der Waals surface area contributed by atoms with Gasteiger partial charge in [-0.15, -0.1) is 0 Å². The molecule has 0 fully saturated rings. The summed E-state index contributed by atoms with van der Waals surface area (Å²) < 4.78 is 10.8. The number of nitrogens with zero attached hydrogens (tertiary/aromatic N) is 1. The van der Waals surface area contributed by atoms with Crippen LogP contribution in [-0.2, 0) is 6.54 Å². The number of pyridine rings is 1. The van der Waals surface area contributed by atoms with Gasteiger partial charge in [-0.3, -0.25) is 0 Å². The predicted molar refractivity (Wildman–Crippen MR) is 84.0 cm³/mol. The van der Waals surface area contributed by atoms with Gasteiger partial charge in [0.15, 0.2) is 0 Å². The number of rotatable bonds is 7. The van der Waals surface area contributed by atoms with Crippen molar-refractivity contribution in [2.24, 2.45) is 0 Å². The molecule has 1 aromatic carbocycles. The first kappa shape index (κ1) is 15.6. The number of hydrogen-bond donors (Lipinski definition) is 1. The van der Waals surface area contributed by atoms with E-state index in [1.54, 1.807) is 13.3 Å². The van der Waals surface area contributed by atoms with E-state index in [4.69, 9.17) is 21.1 Å². The van der Waals surface area contributed by atoms with Crippen molar-refractivity contribution in [1.82, 2.24) is 10.3 Å². The molecule has 0 bridgehead atoms. The molecule has 0 aliphatic heterocycles. The quantitative estimate of drug-likeness (QED) is 0.852. The van der Waals surface area contributed by atoms with Crippen LogP contribution >= 0.6 is 11.6 Å². The Labute approximate surface area is 130 Å². The van der Waals surface area contributed by atoms with Crippen molar-refractivity contribution >= 4 is 11.6 Å². The van der Waals surface area contributed by atoms with Gasteiger partial charge in [-0.2, -0.15) is 0 Å². The van der Waals surface area contributed by atoms with Crippen LogP contribution < -0.4 is 14.8 Å². The summed E-state index contributed by atoms with van der Waals surface area (Å²) in [5, 5.41) is 3.95. The Kier molecular flexibility index (Phi) is 5.84. The molecule has 1 atom stereocenters. The summed E-state index contributed by atoms with van der Waals surface area (Å²) in [4.78, 5) is 4.13. The fourth-order valence-electron chi connectivity index (χ4n) is 1.90. The Morgan fingerprint density at radius 1 is 1.29 bits per heavy atom. The average Bonchev–Trinajstić information content (AvgIpc) is 2.48. The minimum absolute atomic E-state index is 0.0358. The van der Waals surface area contributed by atoms with Crippen LogP contribution in [0.2, 0.25) is 5.02 Å². The summed E-state index contributed by atoms with van der Waals surface area (Å²) in [7, 11) is 1.61. The lowest BCUT2D eigenvalue weighted by atomic mass is 10.2. The third-order valence-corrected chi connectivity index (χ3v) is 3.23. The first-order valence-corrected chi connectivity index (χ1v) is 7.17. The van der Waals surface area contributed by atoms with E-state index in [9.17, 15) is 0 Å². The Bertz CT molecular complexity index is 563. The highest BCUT2D eigenvalue weighted by Gasteiger charge is 2.05. The minimum Gasteiger partial charge on any atom is -0.495 e. The minimum atomic E-state index is 0.0358. The van der Waals surface area contributed by atoms with Gasteiger partial charge in [0.25, 0.3) is 0 Å². The molecule has 0 aliphatic rings. The lowest BCUT2D eigenvalue weighted by molar-refractivity contribution is 0.208. The van der Waals surface area contributed by atoms with Crippen LogP contribution in [0.25, 0.3) is 0 Å². The molecule has 1 N–H and O–H groups in total. The van der Waals surface area contributed by atoms with Crippen molar-refractivity contribution in [3.8, 4) is 11.6 Å². The van der Waals surface area contributed by atoms with E-state index in [-0.39, 0.29) is 6.10 Å². The second kappa shape index (κ2) is 7.86. The molecule has 4 nitrogen and oxygen atoms in total. The van der Waals surface area contributed by atoms with Crippen LogP contribution in [0.5, 0.6) is 11.6 Å². The summed E-state index contributed by atoms with van der Waals surface area (Å²) in [6.07, 6.45) is 1.75. The van der Waals surface area contributed by atoms with Crippen LogP contribution in [0.1, 0.15) is 12.5 Å².